The minimum atomic E-state index is -4.26. The van der Waals surface area contributed by atoms with Crippen molar-refractivity contribution in [2.24, 2.45) is 5.84 Å². The molecule has 2 rings (SSSR count). The first-order chi connectivity index (χ1) is 7.54. The largest absolute Gasteiger partial charge is 0.323 e. The van der Waals surface area contributed by atoms with Crippen LogP contribution in [-0.2, 0) is 10.1 Å². The smallest absolute Gasteiger partial charge is 0.295 e. The number of rotatable bonds is 2. The third-order valence-electron chi connectivity index (χ3n) is 2.30. The standard InChI is InChI=1S/C10H10N2O3S/c11-12-8-5-1-3-7-4-2-6-9(10(7)8)16(13,14)15/h1-6,12H,11H2,(H,13,14,15). The molecule has 0 saturated heterocycles. The molecule has 0 unspecified atom stereocenters. The molecular weight excluding hydrogens is 228 g/mol. The second-order valence-corrected chi connectivity index (χ2v) is 4.67. The molecule has 16 heavy (non-hydrogen) atoms. The summed E-state index contributed by atoms with van der Waals surface area (Å²) in [5.41, 5.74) is 2.86. The van der Waals surface area contributed by atoms with Gasteiger partial charge in [0.05, 0.1) is 5.69 Å². The number of hydrogen-bond acceptors (Lipinski definition) is 4. The number of benzene rings is 2. The van der Waals surface area contributed by atoms with Gasteiger partial charge in [-0.05, 0) is 17.5 Å². The van der Waals surface area contributed by atoms with Crippen molar-refractivity contribution >= 4 is 26.6 Å². The minimum Gasteiger partial charge on any atom is -0.323 e. The molecule has 0 aromatic heterocycles. The highest BCUT2D eigenvalue weighted by Crippen LogP contribution is 2.29. The maximum Gasteiger partial charge on any atom is 0.295 e. The van der Waals surface area contributed by atoms with E-state index in [-0.39, 0.29) is 4.90 Å². The molecule has 2 aromatic rings. The lowest BCUT2D eigenvalue weighted by atomic mass is 10.1. The van der Waals surface area contributed by atoms with Gasteiger partial charge in [-0.3, -0.25) is 10.4 Å². The van der Waals surface area contributed by atoms with E-state index in [1.165, 1.54) is 6.07 Å². The first-order valence-corrected chi connectivity index (χ1v) is 5.94. The van der Waals surface area contributed by atoms with Crippen LogP contribution in [0.3, 0.4) is 0 Å². The Hall–Kier alpha value is -1.63. The molecule has 0 heterocycles. The van der Waals surface area contributed by atoms with Gasteiger partial charge in [-0.15, -0.1) is 0 Å². The van der Waals surface area contributed by atoms with Crippen LogP contribution in [0.15, 0.2) is 41.3 Å². The van der Waals surface area contributed by atoms with Crippen LogP contribution >= 0.6 is 0 Å². The zero-order valence-electron chi connectivity index (χ0n) is 8.21. The van der Waals surface area contributed by atoms with Gasteiger partial charge in [0.1, 0.15) is 4.90 Å². The lowest BCUT2D eigenvalue weighted by Gasteiger charge is -2.08. The van der Waals surface area contributed by atoms with Crippen LogP contribution < -0.4 is 11.3 Å². The van der Waals surface area contributed by atoms with E-state index < -0.39 is 10.1 Å². The van der Waals surface area contributed by atoms with Crippen molar-refractivity contribution in [3.05, 3.63) is 36.4 Å². The lowest BCUT2D eigenvalue weighted by Crippen LogP contribution is -2.08. The van der Waals surface area contributed by atoms with E-state index in [4.69, 9.17) is 10.4 Å². The van der Waals surface area contributed by atoms with E-state index in [2.05, 4.69) is 5.43 Å². The third-order valence-corrected chi connectivity index (χ3v) is 3.20. The summed E-state index contributed by atoms with van der Waals surface area (Å²) in [5, 5.41) is 1.07. The van der Waals surface area contributed by atoms with E-state index in [0.717, 1.165) is 0 Å². The summed E-state index contributed by atoms with van der Waals surface area (Å²) in [6, 6.07) is 9.75. The molecule has 0 radical (unpaired) electrons. The van der Waals surface area contributed by atoms with Crippen molar-refractivity contribution in [1.82, 2.24) is 0 Å². The second kappa shape index (κ2) is 3.75. The Bertz CT molecular complexity index is 632. The van der Waals surface area contributed by atoms with Gasteiger partial charge in [0.2, 0.25) is 0 Å². The SMILES string of the molecule is NNc1cccc2cccc(S(=O)(=O)O)c12. The fraction of sp³-hybridized carbons (Fsp3) is 0. The van der Waals surface area contributed by atoms with Gasteiger partial charge in [0.15, 0.2) is 0 Å². The molecule has 0 aliphatic rings. The molecule has 0 amide bonds. The van der Waals surface area contributed by atoms with Gasteiger partial charge in [-0.1, -0.05) is 24.3 Å². The molecular formula is C10H10N2O3S. The number of nitrogens with two attached hydrogens (primary N) is 1. The molecule has 2 aromatic carbocycles. The molecule has 0 fully saturated rings. The van der Waals surface area contributed by atoms with Gasteiger partial charge in [-0.2, -0.15) is 8.42 Å². The first kappa shape index (κ1) is 10.9. The van der Waals surface area contributed by atoms with Gasteiger partial charge in [0.25, 0.3) is 10.1 Å². The Kier molecular flexibility index (Phi) is 2.55. The van der Waals surface area contributed by atoms with Gasteiger partial charge in [0, 0.05) is 5.39 Å². The van der Waals surface area contributed by atoms with E-state index in [1.54, 1.807) is 30.3 Å². The summed E-state index contributed by atoms with van der Waals surface area (Å²) >= 11 is 0. The summed E-state index contributed by atoms with van der Waals surface area (Å²) in [5.74, 6) is 5.30. The summed E-state index contributed by atoms with van der Waals surface area (Å²) in [7, 11) is -4.26. The highest BCUT2D eigenvalue weighted by atomic mass is 32.2. The summed E-state index contributed by atoms with van der Waals surface area (Å²) in [6.07, 6.45) is 0. The first-order valence-electron chi connectivity index (χ1n) is 4.50. The van der Waals surface area contributed by atoms with Gasteiger partial charge in [-0.25, -0.2) is 0 Å². The molecule has 4 N–H and O–H groups in total. The van der Waals surface area contributed by atoms with Crippen LogP contribution in [0.1, 0.15) is 0 Å². The molecule has 6 heteroatoms. The van der Waals surface area contributed by atoms with Crippen molar-refractivity contribution in [2.45, 2.75) is 4.90 Å². The zero-order valence-corrected chi connectivity index (χ0v) is 9.03. The Morgan fingerprint density at radius 1 is 1.12 bits per heavy atom. The molecule has 0 saturated carbocycles. The monoisotopic (exact) mass is 238 g/mol. The molecule has 5 nitrogen and oxygen atoms in total. The molecule has 0 aliphatic carbocycles. The van der Waals surface area contributed by atoms with Crippen molar-refractivity contribution in [3.63, 3.8) is 0 Å². The quantitative estimate of drug-likeness (QED) is 0.417. The van der Waals surface area contributed by atoms with E-state index in [0.29, 0.717) is 16.5 Å². The highest BCUT2D eigenvalue weighted by Gasteiger charge is 2.15. The minimum absolute atomic E-state index is 0.154. The van der Waals surface area contributed by atoms with Crippen LogP contribution in [0, 0.1) is 0 Å². The number of hydrazine groups is 1. The van der Waals surface area contributed by atoms with E-state index in [1.807, 2.05) is 0 Å². The van der Waals surface area contributed by atoms with Gasteiger partial charge < -0.3 is 5.43 Å². The second-order valence-electron chi connectivity index (χ2n) is 3.28. The summed E-state index contributed by atoms with van der Waals surface area (Å²) in [6.45, 7) is 0. The molecule has 84 valence electrons. The number of hydrogen-bond donors (Lipinski definition) is 3. The third kappa shape index (κ3) is 1.73. The average molecular weight is 238 g/mol. The van der Waals surface area contributed by atoms with Gasteiger partial charge >= 0.3 is 0 Å². The highest BCUT2D eigenvalue weighted by molar-refractivity contribution is 7.86. The maximum atomic E-state index is 11.2. The average Bonchev–Trinajstić information content (AvgIpc) is 2.26. The zero-order chi connectivity index (χ0) is 11.8. The van der Waals surface area contributed by atoms with E-state index in [9.17, 15) is 8.42 Å². The Morgan fingerprint density at radius 2 is 1.75 bits per heavy atom. The van der Waals surface area contributed by atoms with Crippen molar-refractivity contribution in [3.8, 4) is 0 Å². The van der Waals surface area contributed by atoms with Crippen LogP contribution in [-0.4, -0.2) is 13.0 Å². The normalized spacial score (nSPS) is 11.6. The van der Waals surface area contributed by atoms with Crippen molar-refractivity contribution in [1.29, 1.82) is 0 Å². The predicted octanol–water partition coefficient (Wildman–Crippen LogP) is 1.37. The maximum absolute atomic E-state index is 11.2. The molecule has 0 aliphatic heterocycles. The Morgan fingerprint density at radius 3 is 2.31 bits per heavy atom. The van der Waals surface area contributed by atoms with Crippen LogP contribution in [0.2, 0.25) is 0 Å². The summed E-state index contributed by atoms with van der Waals surface area (Å²) < 4.78 is 31.5. The molecule has 0 spiro atoms. The summed E-state index contributed by atoms with van der Waals surface area (Å²) in [4.78, 5) is -0.154. The lowest BCUT2D eigenvalue weighted by molar-refractivity contribution is 0.484. The molecule has 0 bridgehead atoms. The predicted molar refractivity (Wildman–Crippen MR) is 61.6 cm³/mol. The van der Waals surface area contributed by atoms with Crippen LogP contribution in [0.4, 0.5) is 5.69 Å². The number of fused-ring (bicyclic) bond motifs is 1. The Balaban J connectivity index is 2.96. The fourth-order valence-electron chi connectivity index (χ4n) is 1.64. The van der Waals surface area contributed by atoms with Crippen molar-refractivity contribution in [2.75, 3.05) is 5.43 Å². The van der Waals surface area contributed by atoms with Crippen LogP contribution in [0.5, 0.6) is 0 Å². The van der Waals surface area contributed by atoms with Crippen LogP contribution in [0.25, 0.3) is 10.8 Å². The van der Waals surface area contributed by atoms with Crippen molar-refractivity contribution < 1.29 is 13.0 Å². The number of nitrogen functional groups attached to an aromatic ring is 1. The number of nitrogens with one attached hydrogen (secondary N) is 1. The topological polar surface area (TPSA) is 92.4 Å². The Labute approximate surface area is 92.6 Å². The van der Waals surface area contributed by atoms with E-state index >= 15 is 0 Å². The number of anilines is 1. The fourth-order valence-corrected chi connectivity index (χ4v) is 2.38. The molecule has 0 atom stereocenters.